The molecule has 0 aliphatic heterocycles. The molecule has 5 rings (SSSR count). The van der Waals surface area contributed by atoms with E-state index in [-0.39, 0.29) is 61.5 Å². The van der Waals surface area contributed by atoms with Gasteiger partial charge in [0.2, 0.25) is 5.70 Å². The Morgan fingerprint density at radius 2 is 1.24 bits per heavy atom. The Labute approximate surface area is 255 Å². The van der Waals surface area contributed by atoms with E-state index in [1.165, 1.54) is 24.3 Å². The molecule has 3 aromatic rings. The van der Waals surface area contributed by atoms with Gasteiger partial charge in [-0.25, -0.2) is 25.1 Å². The zero-order chi connectivity index (χ0) is 32.6. The molecule has 0 heterocycles. The van der Waals surface area contributed by atoms with E-state index in [9.17, 15) is 34.2 Å². The van der Waals surface area contributed by atoms with Gasteiger partial charge in [-0.05, 0) is 75.2 Å². The number of allylic oxidation sites excluding steroid dienone is 7. The summed E-state index contributed by atoms with van der Waals surface area (Å²) in [6.07, 6.45) is -4.92. The van der Waals surface area contributed by atoms with Gasteiger partial charge in [0, 0.05) is 5.57 Å². The van der Waals surface area contributed by atoms with Crippen molar-refractivity contribution in [2.24, 2.45) is 0 Å². The summed E-state index contributed by atoms with van der Waals surface area (Å²) in [4.78, 5) is 10.4. The van der Waals surface area contributed by atoms with Gasteiger partial charge >= 0.3 is 6.18 Å². The lowest BCUT2D eigenvalue weighted by Crippen LogP contribution is -2.08. The Morgan fingerprint density at radius 1 is 0.689 bits per heavy atom. The topological polar surface area (TPSA) is 108 Å². The summed E-state index contributed by atoms with van der Waals surface area (Å²) in [6, 6.07) is 20.0. The van der Waals surface area contributed by atoms with E-state index in [2.05, 4.69) is 14.5 Å². The molecule has 0 N–H and O–H groups in total. The van der Waals surface area contributed by atoms with E-state index < -0.39 is 23.0 Å². The predicted molar refractivity (Wildman–Crippen MR) is 158 cm³/mol. The lowest BCUT2D eigenvalue weighted by molar-refractivity contribution is -0.137. The van der Waals surface area contributed by atoms with Crippen LogP contribution in [0.3, 0.4) is 0 Å². The molecule has 10 heteroatoms. The number of aryl methyl sites for hydroxylation is 1. The largest absolute Gasteiger partial charge is 0.417 e. The molecule has 0 atom stereocenters. The van der Waals surface area contributed by atoms with Crippen LogP contribution >= 0.6 is 0 Å². The number of nitrogens with zero attached hydrogens (tertiary/aromatic N) is 7. The first-order chi connectivity index (χ1) is 21.6. The van der Waals surface area contributed by atoms with Crippen LogP contribution in [0.15, 0.2) is 66.0 Å². The van der Waals surface area contributed by atoms with Gasteiger partial charge in [-0.3, -0.25) is 0 Å². The second kappa shape index (κ2) is 10.9. The van der Waals surface area contributed by atoms with Gasteiger partial charge in [-0.1, -0.05) is 42.0 Å². The maximum absolute atomic E-state index is 13.9. The van der Waals surface area contributed by atoms with Crippen molar-refractivity contribution in [2.75, 3.05) is 0 Å². The zero-order valence-electron chi connectivity index (χ0n) is 23.0. The number of alkyl halides is 3. The number of hydrogen-bond donors (Lipinski definition) is 0. The molecule has 2 aliphatic carbocycles. The summed E-state index contributed by atoms with van der Waals surface area (Å²) in [5.74, 6) is 0. The van der Waals surface area contributed by atoms with E-state index in [1.54, 1.807) is 30.3 Å². The number of hydrogen-bond acceptors (Lipinski definition) is 4. The van der Waals surface area contributed by atoms with Gasteiger partial charge in [0.15, 0.2) is 0 Å². The molecule has 0 spiro atoms. The number of halogens is 3. The normalized spacial score (nSPS) is 15.3. The SMILES string of the molecule is [C-]#[N+]C1=C(c2ccc(C)cc2)/C(=C(/C#N)[N+]#[C-])c2cc3c(cc21)C(C#N)=C(c1ccc(C#N)c(C(F)(F)F)c1)/C3=C(\C#N)[N+]#[C-]. The fourth-order valence-corrected chi connectivity index (χ4v) is 5.52. The summed E-state index contributed by atoms with van der Waals surface area (Å²) in [6.45, 7) is 25.3. The number of nitriles is 4. The minimum absolute atomic E-state index is 0.0859. The second-order valence-corrected chi connectivity index (χ2v) is 9.77. The van der Waals surface area contributed by atoms with Gasteiger partial charge < -0.3 is 0 Å². The van der Waals surface area contributed by atoms with Crippen LogP contribution < -0.4 is 0 Å². The van der Waals surface area contributed by atoms with Gasteiger partial charge in [0.05, 0.1) is 54.6 Å². The first-order valence-electron chi connectivity index (χ1n) is 12.8. The highest BCUT2D eigenvalue weighted by Gasteiger charge is 2.39. The molecule has 0 radical (unpaired) electrons. The van der Waals surface area contributed by atoms with Crippen LogP contribution in [0.5, 0.6) is 0 Å². The molecule has 7 nitrogen and oxygen atoms in total. The van der Waals surface area contributed by atoms with Crippen molar-refractivity contribution in [3.05, 3.63) is 150 Å². The zero-order valence-corrected chi connectivity index (χ0v) is 23.0. The average molecular weight is 588 g/mol. The molecule has 0 fully saturated rings. The van der Waals surface area contributed by atoms with Gasteiger partial charge in [-0.2, -0.15) is 23.7 Å². The minimum Gasteiger partial charge on any atom is -0.237 e. The number of rotatable bonds is 2. The first kappa shape index (κ1) is 29.3. The summed E-state index contributed by atoms with van der Waals surface area (Å²) < 4.78 is 41.8. The van der Waals surface area contributed by atoms with E-state index in [0.717, 1.165) is 11.6 Å². The number of fused-ring (bicyclic) bond motifs is 2. The van der Waals surface area contributed by atoms with E-state index in [0.29, 0.717) is 17.2 Å². The standard InChI is InChI=1S/C35H12F3N7/c1-18-5-7-19(8-6-18)31-33(29(17-42)44-3)24-13-23-22(12-25(24)34(31)45-4)26(15-40)30(32(23)28(16-41)43-2)20-9-10-21(14-39)27(11-20)35(36,37)38/h5-13H,1H3/b32-28+,33-29-. The molecule has 0 saturated heterocycles. The predicted octanol–water partition coefficient (Wildman–Crippen LogP) is 8.44. The quantitative estimate of drug-likeness (QED) is 0.221. The fourth-order valence-electron chi connectivity index (χ4n) is 5.52. The molecule has 2 aliphatic rings. The molecule has 0 unspecified atom stereocenters. The fraction of sp³-hybridized carbons (Fsp3) is 0.0571. The third-order valence-electron chi connectivity index (χ3n) is 7.41. The monoisotopic (exact) mass is 587 g/mol. The smallest absolute Gasteiger partial charge is 0.237 e. The van der Waals surface area contributed by atoms with Gasteiger partial charge in [-0.15, -0.1) is 0 Å². The summed E-state index contributed by atoms with van der Waals surface area (Å²) in [7, 11) is 0. The van der Waals surface area contributed by atoms with Crippen LogP contribution in [-0.2, 0) is 6.18 Å². The lowest BCUT2D eigenvalue weighted by atomic mass is 9.90. The van der Waals surface area contributed by atoms with Crippen LogP contribution in [-0.4, -0.2) is 0 Å². The Balaban J connectivity index is 1.93. The van der Waals surface area contributed by atoms with Crippen molar-refractivity contribution in [1.82, 2.24) is 0 Å². The highest BCUT2D eigenvalue weighted by molar-refractivity contribution is 6.29. The Kier molecular flexibility index (Phi) is 7.12. The third-order valence-corrected chi connectivity index (χ3v) is 7.41. The highest BCUT2D eigenvalue weighted by Crippen LogP contribution is 2.55. The lowest BCUT2D eigenvalue weighted by Gasteiger charge is -2.14. The van der Waals surface area contributed by atoms with Crippen molar-refractivity contribution in [3.63, 3.8) is 0 Å². The molecule has 208 valence electrons. The van der Waals surface area contributed by atoms with Crippen molar-refractivity contribution in [2.45, 2.75) is 13.1 Å². The van der Waals surface area contributed by atoms with Crippen LogP contribution in [0, 0.1) is 72.0 Å². The molecular weight excluding hydrogens is 575 g/mol. The second-order valence-electron chi connectivity index (χ2n) is 9.77. The number of benzene rings is 3. The first-order valence-corrected chi connectivity index (χ1v) is 12.8. The maximum Gasteiger partial charge on any atom is 0.417 e. The average Bonchev–Trinajstić information content (AvgIpc) is 3.52. The molecule has 0 aromatic heterocycles. The van der Waals surface area contributed by atoms with Gasteiger partial charge in [0.25, 0.3) is 11.4 Å². The van der Waals surface area contributed by atoms with Crippen molar-refractivity contribution in [1.29, 1.82) is 21.0 Å². The Morgan fingerprint density at radius 3 is 1.76 bits per heavy atom. The molecule has 45 heavy (non-hydrogen) atoms. The van der Waals surface area contributed by atoms with Crippen LogP contribution in [0.4, 0.5) is 13.2 Å². The highest BCUT2D eigenvalue weighted by atomic mass is 19.4. The molecular formula is C35H12F3N7. The van der Waals surface area contributed by atoms with Crippen molar-refractivity contribution < 1.29 is 13.2 Å². The minimum atomic E-state index is -4.92. The molecule has 3 aromatic carbocycles. The Bertz CT molecular complexity index is 2290. The van der Waals surface area contributed by atoms with Crippen LogP contribution in [0.25, 0.3) is 48.1 Å². The third kappa shape index (κ3) is 4.49. The Hall–Kier alpha value is -7.16. The van der Waals surface area contributed by atoms with Crippen LogP contribution in [0.1, 0.15) is 50.1 Å². The molecule has 0 bridgehead atoms. The summed E-state index contributed by atoms with van der Waals surface area (Å²) in [5.41, 5.74) is -0.429. The molecule has 0 amide bonds. The van der Waals surface area contributed by atoms with Crippen LogP contribution in [0.2, 0.25) is 0 Å². The summed E-state index contributed by atoms with van der Waals surface area (Å²) in [5, 5.41) is 39.4. The van der Waals surface area contributed by atoms with Crippen molar-refractivity contribution in [3.8, 4) is 24.3 Å². The summed E-state index contributed by atoms with van der Waals surface area (Å²) >= 11 is 0. The molecule has 0 saturated carbocycles. The maximum atomic E-state index is 13.9. The van der Waals surface area contributed by atoms with E-state index >= 15 is 0 Å². The van der Waals surface area contributed by atoms with Crippen molar-refractivity contribution >= 4 is 33.6 Å². The van der Waals surface area contributed by atoms with Gasteiger partial charge in [0.1, 0.15) is 6.07 Å². The van der Waals surface area contributed by atoms with E-state index in [1.807, 2.05) is 19.1 Å². The van der Waals surface area contributed by atoms with E-state index in [4.69, 9.17) is 19.7 Å².